The number of hydrogen-bond donors (Lipinski definition) is 1. The molecule has 0 radical (unpaired) electrons. The molecule has 0 bridgehead atoms. The van der Waals surface area contributed by atoms with E-state index in [1.165, 1.54) is 18.4 Å². The molecule has 0 saturated heterocycles. The average Bonchev–Trinajstić information content (AvgIpc) is 2.45. The maximum atomic E-state index is 12.2. The highest BCUT2D eigenvalue weighted by atomic mass is 32.2. The predicted octanol–water partition coefficient (Wildman–Crippen LogP) is 2.37. The van der Waals surface area contributed by atoms with Crippen molar-refractivity contribution in [3.8, 4) is 0 Å². The van der Waals surface area contributed by atoms with E-state index in [4.69, 9.17) is 0 Å². The Morgan fingerprint density at radius 3 is 2.29 bits per heavy atom. The van der Waals surface area contributed by atoms with E-state index in [1.54, 1.807) is 12.1 Å². The second kappa shape index (κ2) is 8.66. The van der Waals surface area contributed by atoms with E-state index in [0.717, 1.165) is 25.8 Å². The van der Waals surface area contributed by atoms with E-state index in [9.17, 15) is 12.6 Å². The Kier molecular flexibility index (Phi) is 7.56. The summed E-state index contributed by atoms with van der Waals surface area (Å²) < 4.78 is 34.9. The molecule has 0 fully saturated rings. The maximum Gasteiger partial charge on any atom is 0.175 e. The second-order valence-corrected chi connectivity index (χ2v) is 8.68. The molecule has 1 N–H and O–H groups in total. The quantitative estimate of drug-likeness (QED) is 0.754. The van der Waals surface area contributed by atoms with Gasteiger partial charge in [-0.3, -0.25) is 4.21 Å². The first-order valence-electron chi connectivity index (χ1n) is 7.30. The zero-order valence-electron chi connectivity index (χ0n) is 13.0. The van der Waals surface area contributed by atoms with Gasteiger partial charge >= 0.3 is 0 Å². The lowest BCUT2D eigenvalue weighted by Gasteiger charge is -2.15. The van der Waals surface area contributed by atoms with Gasteiger partial charge in [-0.2, -0.15) is 0 Å². The average molecular weight is 332 g/mol. The van der Waals surface area contributed by atoms with Gasteiger partial charge in [-0.25, -0.2) is 8.42 Å². The van der Waals surface area contributed by atoms with Crippen LogP contribution in [-0.4, -0.2) is 37.2 Å². The summed E-state index contributed by atoms with van der Waals surface area (Å²) in [5.74, 6) is 0.611. The van der Waals surface area contributed by atoms with Gasteiger partial charge in [-0.1, -0.05) is 13.8 Å². The summed E-state index contributed by atoms with van der Waals surface area (Å²) in [5, 5.41) is 3.40. The summed E-state index contributed by atoms with van der Waals surface area (Å²) in [6.45, 7) is 5.19. The molecule has 1 aromatic carbocycles. The Morgan fingerprint density at radius 1 is 1.19 bits per heavy atom. The smallest absolute Gasteiger partial charge is 0.175 e. The minimum absolute atomic E-state index is 0.265. The first-order valence-corrected chi connectivity index (χ1v) is 10.5. The molecular formula is C15H25NO3S2. The molecule has 0 saturated carbocycles. The molecule has 2 atom stereocenters. The largest absolute Gasteiger partial charge is 0.314 e. The summed E-state index contributed by atoms with van der Waals surface area (Å²) in [5.41, 5.74) is 0. The molecule has 1 aromatic rings. The van der Waals surface area contributed by atoms with Crippen molar-refractivity contribution < 1.29 is 12.6 Å². The van der Waals surface area contributed by atoms with Crippen molar-refractivity contribution in [2.45, 2.75) is 48.9 Å². The van der Waals surface area contributed by atoms with Gasteiger partial charge in [-0.15, -0.1) is 0 Å². The molecule has 1 rings (SSSR count). The molecule has 0 amide bonds. The van der Waals surface area contributed by atoms with Gasteiger partial charge in [0, 0.05) is 22.9 Å². The molecule has 0 aliphatic rings. The van der Waals surface area contributed by atoms with Crippen molar-refractivity contribution >= 4 is 20.6 Å². The standard InChI is InChI=1S/C15H25NO3S2/c1-4-13(16-5-2)7-6-12-20(17)14-8-10-15(11-9-14)21(3,18)19/h8-11,13,16H,4-7,12H2,1-3H3. The third kappa shape index (κ3) is 6.28. The first-order chi connectivity index (χ1) is 9.88. The summed E-state index contributed by atoms with van der Waals surface area (Å²) in [4.78, 5) is 0.959. The van der Waals surface area contributed by atoms with Crippen LogP contribution in [0.4, 0.5) is 0 Å². The molecule has 0 aliphatic heterocycles. The molecule has 4 nitrogen and oxygen atoms in total. The number of sulfone groups is 1. The van der Waals surface area contributed by atoms with Crippen LogP contribution in [-0.2, 0) is 20.6 Å². The van der Waals surface area contributed by atoms with Gasteiger partial charge in [0.05, 0.1) is 15.7 Å². The third-order valence-corrected chi connectivity index (χ3v) is 5.97. The Labute approximate surface area is 130 Å². The van der Waals surface area contributed by atoms with E-state index in [1.807, 2.05) is 0 Å². The lowest BCUT2D eigenvalue weighted by molar-refractivity contribution is 0.476. The number of rotatable bonds is 9. The van der Waals surface area contributed by atoms with Crippen molar-refractivity contribution in [1.82, 2.24) is 5.32 Å². The van der Waals surface area contributed by atoms with Crippen molar-refractivity contribution in [2.24, 2.45) is 0 Å². The summed E-state index contributed by atoms with van der Waals surface area (Å²) in [7, 11) is -4.25. The highest BCUT2D eigenvalue weighted by Gasteiger charge is 2.10. The van der Waals surface area contributed by atoms with Crippen LogP contribution in [0.1, 0.15) is 33.1 Å². The number of benzene rings is 1. The van der Waals surface area contributed by atoms with Gasteiger partial charge in [-0.05, 0) is 50.1 Å². The Hall–Kier alpha value is -0.720. The zero-order valence-corrected chi connectivity index (χ0v) is 14.6. The van der Waals surface area contributed by atoms with Gasteiger partial charge < -0.3 is 5.32 Å². The molecular weight excluding hydrogens is 306 g/mol. The fourth-order valence-electron chi connectivity index (χ4n) is 2.16. The predicted molar refractivity (Wildman–Crippen MR) is 87.8 cm³/mol. The monoisotopic (exact) mass is 331 g/mol. The van der Waals surface area contributed by atoms with E-state index in [2.05, 4.69) is 19.2 Å². The zero-order chi connectivity index (χ0) is 15.9. The van der Waals surface area contributed by atoms with E-state index in [0.29, 0.717) is 16.7 Å². The number of hydrogen-bond acceptors (Lipinski definition) is 4. The Balaban J connectivity index is 2.53. The van der Waals surface area contributed by atoms with Crippen molar-refractivity contribution in [1.29, 1.82) is 0 Å². The highest BCUT2D eigenvalue weighted by Crippen LogP contribution is 2.14. The van der Waals surface area contributed by atoms with Crippen LogP contribution >= 0.6 is 0 Å². The minimum Gasteiger partial charge on any atom is -0.314 e. The molecule has 2 unspecified atom stereocenters. The molecule has 6 heteroatoms. The molecule has 0 aliphatic carbocycles. The molecule has 0 heterocycles. The fraction of sp³-hybridized carbons (Fsp3) is 0.600. The Bertz CT molecular complexity index is 553. The van der Waals surface area contributed by atoms with Gasteiger partial charge in [0.25, 0.3) is 0 Å². The van der Waals surface area contributed by atoms with Crippen LogP contribution in [0.5, 0.6) is 0 Å². The van der Waals surface area contributed by atoms with Crippen LogP contribution < -0.4 is 5.32 Å². The molecule has 120 valence electrons. The number of nitrogens with one attached hydrogen (secondary N) is 1. The summed E-state index contributed by atoms with van der Waals surface area (Å²) in [6, 6.07) is 6.83. The maximum absolute atomic E-state index is 12.2. The molecule has 21 heavy (non-hydrogen) atoms. The van der Waals surface area contributed by atoms with Gasteiger partial charge in [0.15, 0.2) is 9.84 Å². The van der Waals surface area contributed by atoms with Crippen LogP contribution in [0.25, 0.3) is 0 Å². The van der Waals surface area contributed by atoms with Gasteiger partial charge in [0.1, 0.15) is 0 Å². The van der Waals surface area contributed by atoms with Crippen LogP contribution in [0.15, 0.2) is 34.1 Å². The van der Waals surface area contributed by atoms with Crippen molar-refractivity contribution in [3.63, 3.8) is 0 Å². The van der Waals surface area contributed by atoms with E-state index >= 15 is 0 Å². The van der Waals surface area contributed by atoms with Crippen LogP contribution in [0.3, 0.4) is 0 Å². The molecule has 0 spiro atoms. The topological polar surface area (TPSA) is 63.2 Å². The lowest BCUT2D eigenvalue weighted by atomic mass is 10.1. The fourth-order valence-corrected chi connectivity index (χ4v) is 3.89. The second-order valence-electron chi connectivity index (χ2n) is 5.10. The lowest BCUT2D eigenvalue weighted by Crippen LogP contribution is -2.28. The third-order valence-electron chi connectivity index (χ3n) is 3.38. The summed E-state index contributed by atoms with van der Waals surface area (Å²) in [6.07, 6.45) is 4.15. The summed E-state index contributed by atoms with van der Waals surface area (Å²) >= 11 is 0. The van der Waals surface area contributed by atoms with Crippen LogP contribution in [0, 0.1) is 0 Å². The minimum atomic E-state index is -3.19. The highest BCUT2D eigenvalue weighted by molar-refractivity contribution is 7.90. The molecule has 0 aromatic heterocycles. The van der Waals surface area contributed by atoms with E-state index in [-0.39, 0.29) is 4.90 Å². The van der Waals surface area contributed by atoms with Crippen molar-refractivity contribution in [3.05, 3.63) is 24.3 Å². The van der Waals surface area contributed by atoms with Crippen LogP contribution in [0.2, 0.25) is 0 Å². The SMILES string of the molecule is CCNC(CC)CCCS(=O)c1ccc(S(C)(=O)=O)cc1. The first kappa shape index (κ1) is 18.3. The van der Waals surface area contributed by atoms with Crippen molar-refractivity contribution in [2.75, 3.05) is 18.6 Å². The van der Waals surface area contributed by atoms with Gasteiger partial charge in [0.2, 0.25) is 0 Å². The normalized spacial score (nSPS) is 14.8. The van der Waals surface area contributed by atoms with E-state index < -0.39 is 20.6 Å². The Morgan fingerprint density at radius 2 is 1.81 bits per heavy atom.